The van der Waals surface area contributed by atoms with Gasteiger partial charge < -0.3 is 10.2 Å². The van der Waals surface area contributed by atoms with Crippen molar-refractivity contribution in [2.75, 3.05) is 38.2 Å². The van der Waals surface area contributed by atoms with Crippen molar-refractivity contribution in [3.05, 3.63) is 0 Å². The highest BCUT2D eigenvalue weighted by Gasteiger charge is 2.13. The van der Waals surface area contributed by atoms with Gasteiger partial charge in [-0.3, -0.25) is 0 Å². The van der Waals surface area contributed by atoms with Crippen LogP contribution in [0.15, 0.2) is 0 Å². The lowest BCUT2D eigenvalue weighted by Crippen LogP contribution is -2.42. The third kappa shape index (κ3) is 6.45. The minimum absolute atomic E-state index is 0.233. The Morgan fingerprint density at radius 3 is 2.44 bits per heavy atom. The summed E-state index contributed by atoms with van der Waals surface area (Å²) in [5.74, 6) is 0.233. The standard InChI is InChI=1S/C11H24N2O2S/c1-11(12-6-9-16(2,14)15)10-13-7-4-3-5-8-13/h11-12H,3-10H2,1-2H3. The summed E-state index contributed by atoms with van der Waals surface area (Å²) in [6, 6.07) is 0.375. The molecule has 0 aromatic heterocycles. The lowest BCUT2D eigenvalue weighted by atomic mass is 10.1. The fourth-order valence-corrected chi connectivity index (χ4v) is 2.57. The van der Waals surface area contributed by atoms with E-state index in [1.54, 1.807) is 0 Å². The van der Waals surface area contributed by atoms with Gasteiger partial charge in [0.05, 0.1) is 5.75 Å². The minimum atomic E-state index is -2.83. The topological polar surface area (TPSA) is 49.4 Å². The third-order valence-electron chi connectivity index (χ3n) is 2.95. The normalized spacial score (nSPS) is 20.9. The number of piperidine rings is 1. The average Bonchev–Trinajstić information content (AvgIpc) is 2.17. The van der Waals surface area contributed by atoms with Crippen LogP contribution in [0.5, 0.6) is 0 Å². The molecule has 16 heavy (non-hydrogen) atoms. The summed E-state index contributed by atoms with van der Waals surface area (Å²) >= 11 is 0. The Kier molecular flexibility index (Phi) is 5.72. The van der Waals surface area contributed by atoms with Crippen LogP contribution in [0, 0.1) is 0 Å². The lowest BCUT2D eigenvalue weighted by molar-refractivity contribution is 0.210. The molecule has 1 fully saturated rings. The predicted octanol–water partition coefficient (Wildman–Crippen LogP) is 0.495. The van der Waals surface area contributed by atoms with E-state index < -0.39 is 9.84 Å². The quantitative estimate of drug-likeness (QED) is 0.743. The summed E-state index contributed by atoms with van der Waals surface area (Å²) < 4.78 is 21.9. The second-order valence-electron chi connectivity index (χ2n) is 4.85. The zero-order valence-electron chi connectivity index (χ0n) is 10.4. The molecular weight excluding hydrogens is 224 g/mol. The first-order chi connectivity index (χ1) is 7.47. The smallest absolute Gasteiger partial charge is 0.148 e. The highest BCUT2D eigenvalue weighted by molar-refractivity contribution is 7.90. The molecule has 4 nitrogen and oxygen atoms in total. The molecule has 1 unspecified atom stereocenters. The van der Waals surface area contributed by atoms with Crippen LogP contribution in [-0.4, -0.2) is 57.5 Å². The Hall–Kier alpha value is -0.130. The van der Waals surface area contributed by atoms with Crippen molar-refractivity contribution in [2.24, 2.45) is 0 Å². The molecule has 0 aromatic rings. The van der Waals surface area contributed by atoms with Crippen LogP contribution in [0.4, 0.5) is 0 Å². The van der Waals surface area contributed by atoms with Crippen molar-refractivity contribution in [3.63, 3.8) is 0 Å². The number of hydrogen-bond acceptors (Lipinski definition) is 4. The number of sulfone groups is 1. The van der Waals surface area contributed by atoms with Gasteiger partial charge in [0.15, 0.2) is 0 Å². The molecule has 0 aliphatic carbocycles. The molecule has 0 spiro atoms. The fraction of sp³-hybridized carbons (Fsp3) is 1.00. The maximum absolute atomic E-state index is 11.0. The van der Waals surface area contributed by atoms with Crippen LogP contribution in [0.3, 0.4) is 0 Å². The van der Waals surface area contributed by atoms with Crippen LogP contribution >= 0.6 is 0 Å². The Bertz CT molecular complexity index is 284. The van der Waals surface area contributed by atoms with E-state index in [1.165, 1.54) is 38.6 Å². The zero-order valence-corrected chi connectivity index (χ0v) is 11.2. The molecule has 0 aromatic carbocycles. The monoisotopic (exact) mass is 248 g/mol. The fourth-order valence-electron chi connectivity index (χ4n) is 2.08. The van der Waals surface area contributed by atoms with Crippen LogP contribution in [0.2, 0.25) is 0 Å². The first-order valence-corrected chi connectivity index (χ1v) is 8.17. The molecule has 1 aliphatic rings. The van der Waals surface area contributed by atoms with E-state index in [0.717, 1.165) is 6.54 Å². The van der Waals surface area contributed by atoms with E-state index >= 15 is 0 Å². The van der Waals surface area contributed by atoms with Gasteiger partial charge in [-0.15, -0.1) is 0 Å². The SMILES string of the molecule is CC(CN1CCCCC1)NCCS(C)(=O)=O. The predicted molar refractivity (Wildman–Crippen MR) is 67.5 cm³/mol. The van der Waals surface area contributed by atoms with Crippen molar-refractivity contribution in [3.8, 4) is 0 Å². The molecule has 1 saturated heterocycles. The second-order valence-corrected chi connectivity index (χ2v) is 7.11. The highest BCUT2D eigenvalue weighted by atomic mass is 32.2. The number of nitrogens with zero attached hydrogens (tertiary/aromatic N) is 1. The summed E-state index contributed by atoms with van der Waals surface area (Å²) in [6.45, 7) is 6.10. The Morgan fingerprint density at radius 2 is 1.88 bits per heavy atom. The molecule has 1 atom stereocenters. The minimum Gasteiger partial charge on any atom is -0.312 e. The van der Waals surface area contributed by atoms with Gasteiger partial charge in [-0.1, -0.05) is 6.42 Å². The van der Waals surface area contributed by atoms with Gasteiger partial charge in [0.25, 0.3) is 0 Å². The Morgan fingerprint density at radius 1 is 1.25 bits per heavy atom. The van der Waals surface area contributed by atoms with Crippen molar-refractivity contribution in [1.82, 2.24) is 10.2 Å². The molecule has 1 aliphatic heterocycles. The van der Waals surface area contributed by atoms with Gasteiger partial charge in [0, 0.05) is 25.4 Å². The summed E-state index contributed by atoms with van der Waals surface area (Å²) in [5, 5.41) is 3.27. The average molecular weight is 248 g/mol. The van der Waals surface area contributed by atoms with Crippen molar-refractivity contribution < 1.29 is 8.42 Å². The molecule has 1 heterocycles. The van der Waals surface area contributed by atoms with Gasteiger partial charge in [0.2, 0.25) is 0 Å². The largest absolute Gasteiger partial charge is 0.312 e. The zero-order chi connectivity index (χ0) is 12.0. The summed E-state index contributed by atoms with van der Waals surface area (Å²) in [5.41, 5.74) is 0. The van der Waals surface area contributed by atoms with Crippen molar-refractivity contribution in [1.29, 1.82) is 0 Å². The Labute approximate surface area is 99.3 Å². The molecule has 5 heteroatoms. The maximum Gasteiger partial charge on any atom is 0.148 e. The maximum atomic E-state index is 11.0. The molecule has 0 amide bonds. The van der Waals surface area contributed by atoms with Gasteiger partial charge in [-0.05, 0) is 32.9 Å². The number of likely N-dealkylation sites (tertiary alicyclic amines) is 1. The molecule has 1 rings (SSSR count). The third-order valence-corrected chi connectivity index (χ3v) is 3.89. The van der Waals surface area contributed by atoms with E-state index in [2.05, 4.69) is 17.1 Å². The highest BCUT2D eigenvalue weighted by Crippen LogP contribution is 2.08. The molecule has 1 N–H and O–H groups in total. The van der Waals surface area contributed by atoms with E-state index in [0.29, 0.717) is 12.6 Å². The summed E-state index contributed by atoms with van der Waals surface area (Å²) in [7, 11) is -2.83. The van der Waals surface area contributed by atoms with Crippen molar-refractivity contribution in [2.45, 2.75) is 32.2 Å². The van der Waals surface area contributed by atoms with Gasteiger partial charge in [0.1, 0.15) is 9.84 Å². The summed E-state index contributed by atoms with van der Waals surface area (Å²) in [6.07, 6.45) is 5.24. The number of hydrogen-bond donors (Lipinski definition) is 1. The molecule has 96 valence electrons. The number of nitrogens with one attached hydrogen (secondary N) is 1. The van der Waals surface area contributed by atoms with Gasteiger partial charge in [-0.25, -0.2) is 8.42 Å². The number of rotatable bonds is 6. The van der Waals surface area contributed by atoms with Crippen LogP contribution < -0.4 is 5.32 Å². The Balaban J connectivity index is 2.12. The van der Waals surface area contributed by atoms with Gasteiger partial charge in [-0.2, -0.15) is 0 Å². The van der Waals surface area contributed by atoms with E-state index in [1.807, 2.05) is 0 Å². The van der Waals surface area contributed by atoms with Crippen LogP contribution in [0.25, 0.3) is 0 Å². The molecule has 0 radical (unpaired) electrons. The lowest BCUT2D eigenvalue weighted by Gasteiger charge is -2.29. The molecular formula is C11H24N2O2S. The van der Waals surface area contributed by atoms with Gasteiger partial charge >= 0.3 is 0 Å². The van der Waals surface area contributed by atoms with E-state index in [-0.39, 0.29) is 5.75 Å². The summed E-state index contributed by atoms with van der Waals surface area (Å²) in [4.78, 5) is 2.46. The first-order valence-electron chi connectivity index (χ1n) is 6.11. The van der Waals surface area contributed by atoms with Crippen LogP contribution in [0.1, 0.15) is 26.2 Å². The van der Waals surface area contributed by atoms with Crippen molar-refractivity contribution >= 4 is 9.84 Å². The van der Waals surface area contributed by atoms with Crippen LogP contribution in [-0.2, 0) is 9.84 Å². The first kappa shape index (κ1) is 13.9. The van der Waals surface area contributed by atoms with E-state index in [9.17, 15) is 8.42 Å². The second kappa shape index (κ2) is 6.57. The van der Waals surface area contributed by atoms with E-state index in [4.69, 9.17) is 0 Å². The molecule has 0 bridgehead atoms. The molecule has 0 saturated carbocycles.